The first-order valence-electron chi connectivity index (χ1n) is 9.47. The molecule has 0 bridgehead atoms. The van der Waals surface area contributed by atoms with Crippen LogP contribution in [0.4, 0.5) is 0 Å². The third-order valence-electron chi connectivity index (χ3n) is 5.06. The Morgan fingerprint density at radius 3 is 2.71 bits per heavy atom. The Bertz CT molecular complexity index is 623. The summed E-state index contributed by atoms with van der Waals surface area (Å²) in [6.45, 7) is 3.82. The maximum Gasteiger partial charge on any atom is 0.0716 e. The Kier molecular flexibility index (Phi) is 6.42. The molecule has 24 heavy (non-hydrogen) atoms. The van der Waals surface area contributed by atoms with Gasteiger partial charge in [-0.25, -0.2) is 0 Å². The van der Waals surface area contributed by atoms with E-state index < -0.39 is 0 Å². The van der Waals surface area contributed by atoms with Crippen LogP contribution in [0.2, 0.25) is 0 Å². The van der Waals surface area contributed by atoms with Gasteiger partial charge in [-0.3, -0.25) is 4.98 Å². The van der Waals surface area contributed by atoms with E-state index in [9.17, 15) is 0 Å². The number of pyridine rings is 1. The van der Waals surface area contributed by atoms with Crippen molar-refractivity contribution in [2.24, 2.45) is 0 Å². The zero-order valence-electron chi connectivity index (χ0n) is 14.8. The fourth-order valence-electron chi connectivity index (χ4n) is 3.58. The Labute approximate surface area is 146 Å². The topological polar surface area (TPSA) is 22.1 Å². The molecule has 3 rings (SSSR count). The highest BCUT2D eigenvalue weighted by atomic mass is 16.5. The number of benzene rings is 1. The molecule has 1 heterocycles. The molecule has 0 radical (unpaired) electrons. The second-order valence-electron chi connectivity index (χ2n) is 6.83. The number of nitrogens with zero attached hydrogens (tertiary/aromatic N) is 1. The Balaban J connectivity index is 1.46. The monoisotopic (exact) mass is 323 g/mol. The van der Waals surface area contributed by atoms with Crippen molar-refractivity contribution in [1.82, 2.24) is 4.98 Å². The average Bonchev–Trinajstić information content (AvgIpc) is 2.65. The van der Waals surface area contributed by atoms with E-state index in [-0.39, 0.29) is 0 Å². The maximum atomic E-state index is 5.82. The van der Waals surface area contributed by atoms with Gasteiger partial charge in [0.25, 0.3) is 0 Å². The van der Waals surface area contributed by atoms with E-state index in [1.807, 2.05) is 6.07 Å². The normalized spacial score (nSPS) is 15.0. The summed E-state index contributed by atoms with van der Waals surface area (Å²) in [4.78, 5) is 4.99. The number of hydrogen-bond acceptors (Lipinski definition) is 2. The summed E-state index contributed by atoms with van der Waals surface area (Å²) in [5.41, 5.74) is 5.38. The molecule has 0 saturated carbocycles. The van der Waals surface area contributed by atoms with Crippen molar-refractivity contribution in [2.75, 3.05) is 6.61 Å². The molecule has 128 valence electrons. The molecule has 1 unspecified atom stereocenters. The zero-order chi connectivity index (χ0) is 16.6. The molecule has 0 spiro atoms. The molecular weight excluding hydrogens is 294 g/mol. The number of rotatable bonds is 8. The van der Waals surface area contributed by atoms with Crippen molar-refractivity contribution in [3.8, 4) is 0 Å². The van der Waals surface area contributed by atoms with Gasteiger partial charge < -0.3 is 4.74 Å². The third kappa shape index (κ3) is 4.67. The Morgan fingerprint density at radius 1 is 1.04 bits per heavy atom. The lowest BCUT2D eigenvalue weighted by Gasteiger charge is -2.19. The van der Waals surface area contributed by atoms with Crippen LogP contribution in [0, 0.1) is 0 Å². The summed E-state index contributed by atoms with van der Waals surface area (Å²) >= 11 is 0. The van der Waals surface area contributed by atoms with Gasteiger partial charge >= 0.3 is 0 Å². The fourth-order valence-corrected chi connectivity index (χ4v) is 3.58. The number of aromatic nitrogens is 1. The van der Waals surface area contributed by atoms with Crippen molar-refractivity contribution < 1.29 is 4.74 Å². The van der Waals surface area contributed by atoms with E-state index in [2.05, 4.69) is 43.3 Å². The average molecular weight is 323 g/mol. The van der Waals surface area contributed by atoms with Crippen LogP contribution in [0.25, 0.3) is 0 Å². The maximum absolute atomic E-state index is 5.82. The smallest absolute Gasteiger partial charge is 0.0716 e. The summed E-state index contributed by atoms with van der Waals surface area (Å²) in [5.74, 6) is 0.567. The highest BCUT2D eigenvalue weighted by Crippen LogP contribution is 2.27. The SMILES string of the molecule is CCC(CCCOCc1ccccc1)c1ccc2c(n1)CCCC2. The predicted molar refractivity (Wildman–Crippen MR) is 99.2 cm³/mol. The number of hydrogen-bond donors (Lipinski definition) is 0. The molecule has 1 aromatic carbocycles. The largest absolute Gasteiger partial charge is 0.377 e. The first-order chi connectivity index (χ1) is 11.9. The van der Waals surface area contributed by atoms with Crippen molar-refractivity contribution in [3.63, 3.8) is 0 Å². The van der Waals surface area contributed by atoms with E-state index in [0.29, 0.717) is 12.5 Å². The van der Waals surface area contributed by atoms with Crippen molar-refractivity contribution in [3.05, 3.63) is 65.0 Å². The molecule has 0 N–H and O–H groups in total. The summed E-state index contributed by atoms with van der Waals surface area (Å²) in [7, 11) is 0. The van der Waals surface area contributed by atoms with Gasteiger partial charge in [0, 0.05) is 23.9 Å². The summed E-state index contributed by atoms with van der Waals surface area (Å²) < 4.78 is 5.82. The van der Waals surface area contributed by atoms with Crippen molar-refractivity contribution in [1.29, 1.82) is 0 Å². The highest BCUT2D eigenvalue weighted by molar-refractivity contribution is 5.26. The standard InChI is InChI=1S/C22H29NO/c1-2-19(12-8-16-24-17-18-9-4-3-5-10-18)22-15-14-20-11-6-7-13-21(20)23-22/h3-5,9-10,14-15,19H,2,6-8,11-13,16-17H2,1H3. The number of ether oxygens (including phenoxy) is 1. The quantitative estimate of drug-likeness (QED) is 0.603. The van der Waals surface area contributed by atoms with Gasteiger partial charge in [-0.2, -0.15) is 0 Å². The number of fused-ring (bicyclic) bond motifs is 1. The van der Waals surface area contributed by atoms with E-state index in [1.54, 1.807) is 0 Å². The van der Waals surface area contributed by atoms with Crippen LogP contribution in [0.15, 0.2) is 42.5 Å². The number of aryl methyl sites for hydroxylation is 2. The molecule has 1 atom stereocenters. The lowest BCUT2D eigenvalue weighted by molar-refractivity contribution is 0.115. The summed E-state index contributed by atoms with van der Waals surface area (Å²) in [5, 5.41) is 0. The van der Waals surface area contributed by atoms with Crippen LogP contribution in [0.1, 0.15) is 67.5 Å². The van der Waals surface area contributed by atoms with Gasteiger partial charge in [0.15, 0.2) is 0 Å². The van der Waals surface area contributed by atoms with Crippen molar-refractivity contribution >= 4 is 0 Å². The molecule has 0 amide bonds. The first-order valence-corrected chi connectivity index (χ1v) is 9.47. The highest BCUT2D eigenvalue weighted by Gasteiger charge is 2.15. The molecule has 2 aromatic rings. The fraction of sp³-hybridized carbons (Fsp3) is 0.500. The van der Waals surface area contributed by atoms with E-state index in [4.69, 9.17) is 9.72 Å². The van der Waals surface area contributed by atoms with Gasteiger partial charge in [-0.1, -0.05) is 43.3 Å². The molecular formula is C22H29NO. The lowest BCUT2D eigenvalue weighted by atomic mass is 9.92. The molecule has 0 saturated heterocycles. The van der Waals surface area contributed by atoms with Crippen LogP contribution < -0.4 is 0 Å². The zero-order valence-corrected chi connectivity index (χ0v) is 14.8. The molecule has 2 nitrogen and oxygen atoms in total. The minimum absolute atomic E-state index is 0.567. The van der Waals surface area contributed by atoms with Gasteiger partial charge in [-0.15, -0.1) is 0 Å². The van der Waals surface area contributed by atoms with Gasteiger partial charge in [0.05, 0.1) is 6.61 Å². The lowest BCUT2D eigenvalue weighted by Crippen LogP contribution is -2.10. The van der Waals surface area contributed by atoms with Gasteiger partial charge in [-0.05, 0) is 62.1 Å². The van der Waals surface area contributed by atoms with Gasteiger partial charge in [0.2, 0.25) is 0 Å². The minimum atomic E-state index is 0.567. The van der Waals surface area contributed by atoms with E-state index in [1.165, 1.54) is 48.2 Å². The second-order valence-corrected chi connectivity index (χ2v) is 6.83. The molecule has 1 aliphatic carbocycles. The molecule has 1 aliphatic rings. The van der Waals surface area contributed by atoms with E-state index in [0.717, 1.165) is 25.9 Å². The molecule has 1 aromatic heterocycles. The van der Waals surface area contributed by atoms with Crippen LogP contribution in [0.3, 0.4) is 0 Å². The van der Waals surface area contributed by atoms with Crippen LogP contribution >= 0.6 is 0 Å². The Hall–Kier alpha value is -1.67. The Morgan fingerprint density at radius 2 is 1.88 bits per heavy atom. The predicted octanol–water partition coefficient (Wildman–Crippen LogP) is 5.45. The minimum Gasteiger partial charge on any atom is -0.377 e. The third-order valence-corrected chi connectivity index (χ3v) is 5.06. The van der Waals surface area contributed by atoms with Crippen molar-refractivity contribution in [2.45, 2.75) is 64.4 Å². The van der Waals surface area contributed by atoms with Crippen LogP contribution in [-0.2, 0) is 24.2 Å². The second kappa shape index (κ2) is 8.98. The molecule has 0 aliphatic heterocycles. The van der Waals surface area contributed by atoms with Crippen LogP contribution in [0.5, 0.6) is 0 Å². The van der Waals surface area contributed by atoms with Crippen LogP contribution in [-0.4, -0.2) is 11.6 Å². The van der Waals surface area contributed by atoms with Gasteiger partial charge in [0.1, 0.15) is 0 Å². The van der Waals surface area contributed by atoms with E-state index >= 15 is 0 Å². The molecule has 0 fully saturated rings. The first kappa shape index (κ1) is 17.2. The summed E-state index contributed by atoms with van der Waals surface area (Å²) in [6.07, 6.45) is 8.43. The molecule has 2 heteroatoms. The summed E-state index contributed by atoms with van der Waals surface area (Å²) in [6, 6.07) is 15.0.